The molecule has 0 aliphatic heterocycles. The molecule has 57 heavy (non-hydrogen) atoms. The van der Waals surface area contributed by atoms with Crippen molar-refractivity contribution in [3.63, 3.8) is 0 Å². The van der Waals surface area contributed by atoms with Crippen molar-refractivity contribution >= 4 is 23.9 Å². The van der Waals surface area contributed by atoms with Crippen LogP contribution in [0.4, 0.5) is 0 Å². The molecule has 4 rings (SSSR count). The van der Waals surface area contributed by atoms with Crippen molar-refractivity contribution in [2.75, 3.05) is 52.9 Å². The summed E-state index contributed by atoms with van der Waals surface area (Å²) in [5.41, 5.74) is -1.33. The number of carbonyl (C=O) groups is 4. The molecular formula is C33H40N4O20. The van der Waals surface area contributed by atoms with Gasteiger partial charge < -0.3 is 79.2 Å². The number of aromatic nitrogens is 4. The van der Waals surface area contributed by atoms with E-state index in [1.54, 1.807) is 0 Å². The zero-order chi connectivity index (χ0) is 41.5. The monoisotopic (exact) mass is 812 g/mol. The molecule has 0 amide bonds. The Labute approximate surface area is 320 Å². The fraction of sp³-hybridized carbons (Fsp3) is 0.394. The maximum atomic E-state index is 12.4. The highest BCUT2D eigenvalue weighted by molar-refractivity contribution is 5.71. The van der Waals surface area contributed by atoms with Crippen molar-refractivity contribution in [3.05, 3.63) is 48.5 Å². The van der Waals surface area contributed by atoms with Crippen molar-refractivity contribution in [2.24, 2.45) is 5.41 Å². The predicted octanol–water partition coefficient (Wildman–Crippen LogP) is -0.928. The molecule has 0 aliphatic carbocycles. The van der Waals surface area contributed by atoms with E-state index in [2.05, 4.69) is 0 Å². The summed E-state index contributed by atoms with van der Waals surface area (Å²) in [5, 5.41) is 77.8. The molecule has 4 heterocycles. The maximum Gasteiger partial charge on any atom is 0.335 e. The number of hydrogen-bond acceptors (Lipinski definition) is 20. The van der Waals surface area contributed by atoms with E-state index < -0.39 is 102 Å². The summed E-state index contributed by atoms with van der Waals surface area (Å²) < 4.78 is 24.9. The van der Waals surface area contributed by atoms with Gasteiger partial charge in [-0.2, -0.15) is 0 Å². The molecule has 0 saturated heterocycles. The van der Waals surface area contributed by atoms with Crippen LogP contribution in [0.15, 0.2) is 48.5 Å². The predicted molar refractivity (Wildman–Crippen MR) is 182 cm³/mol. The molecule has 0 aromatic carbocycles. The van der Waals surface area contributed by atoms with E-state index in [1.165, 1.54) is 0 Å². The second-order valence-electron chi connectivity index (χ2n) is 11.9. The summed E-state index contributed by atoms with van der Waals surface area (Å²) in [6, 6.07) is 8.69. The van der Waals surface area contributed by atoms with Gasteiger partial charge in [-0.3, -0.25) is 0 Å². The van der Waals surface area contributed by atoms with Gasteiger partial charge in [-0.05, 0) is 0 Å². The molecule has 24 heteroatoms. The van der Waals surface area contributed by atoms with E-state index in [0.717, 1.165) is 48.5 Å². The van der Waals surface area contributed by atoms with E-state index in [-0.39, 0.29) is 52.9 Å². The molecule has 0 fully saturated rings. The average Bonchev–Trinajstić information content (AvgIpc) is 3.88. The minimum absolute atomic E-state index is 0.300. The standard InChI is InChI=1S/C33H40N4O20/c38-21-1-2-22(39)34(21)54-29(46)9-13-50-17-33(18-51-14-10-30(47)55-35-23(40)3-4-24(35)41,19-52-15-11-31(48)56-36-25(42)5-6-26(36)43)20-53-16-12-32(49)57-37-27(44)7-8-28(37)45/h1-8,38-45H,9-20H2. The lowest BCUT2D eigenvalue weighted by molar-refractivity contribution is -0.150. The van der Waals surface area contributed by atoms with Crippen LogP contribution in [0.25, 0.3) is 0 Å². The van der Waals surface area contributed by atoms with Gasteiger partial charge in [0.25, 0.3) is 0 Å². The Bertz CT molecular complexity index is 1600. The zero-order valence-electron chi connectivity index (χ0n) is 29.9. The first-order valence-corrected chi connectivity index (χ1v) is 16.7. The van der Waals surface area contributed by atoms with Crippen molar-refractivity contribution < 1.29 is 98.3 Å². The topological polar surface area (TPSA) is 324 Å². The Morgan fingerprint density at radius 2 is 0.544 bits per heavy atom. The van der Waals surface area contributed by atoms with Crippen LogP contribution in [0, 0.1) is 5.41 Å². The first-order valence-electron chi connectivity index (χ1n) is 16.7. The van der Waals surface area contributed by atoms with Gasteiger partial charge in [0, 0.05) is 48.5 Å². The molecule has 312 valence electrons. The zero-order valence-corrected chi connectivity index (χ0v) is 29.9. The Balaban J connectivity index is 1.40. The van der Waals surface area contributed by atoms with Gasteiger partial charge in [0.05, 0.1) is 84.0 Å². The lowest BCUT2D eigenvalue weighted by Crippen LogP contribution is -2.42. The second kappa shape index (κ2) is 20.2. The number of nitrogens with zero attached hydrogens (tertiary/aromatic N) is 4. The van der Waals surface area contributed by atoms with Crippen LogP contribution in [0.5, 0.6) is 47.0 Å². The van der Waals surface area contributed by atoms with Crippen LogP contribution < -0.4 is 19.4 Å². The quantitative estimate of drug-likeness (QED) is 0.0396. The highest BCUT2D eigenvalue weighted by Gasteiger charge is 2.33. The van der Waals surface area contributed by atoms with Crippen LogP contribution in [-0.4, -0.2) is 137 Å². The first kappa shape index (κ1) is 43.0. The highest BCUT2D eigenvalue weighted by atomic mass is 16.7. The number of hydrogen-bond donors (Lipinski definition) is 8. The van der Waals surface area contributed by atoms with Gasteiger partial charge in [-0.25, -0.2) is 19.2 Å². The second-order valence-corrected chi connectivity index (χ2v) is 11.9. The third kappa shape index (κ3) is 12.6. The van der Waals surface area contributed by atoms with E-state index in [1.807, 2.05) is 0 Å². The SMILES string of the molecule is O=C(CCOCC(COCCC(=O)On1c(O)ccc1O)(COCCC(=O)On1c(O)ccc1O)COCCC(=O)On1c(O)ccc1O)On1c(O)ccc1O. The van der Waals surface area contributed by atoms with E-state index in [0.29, 0.717) is 18.9 Å². The smallest absolute Gasteiger partial charge is 0.335 e. The van der Waals surface area contributed by atoms with Gasteiger partial charge in [-0.1, -0.05) is 0 Å². The lowest BCUT2D eigenvalue weighted by Gasteiger charge is -2.33. The minimum atomic E-state index is -1.33. The number of carbonyl (C=O) groups excluding carboxylic acids is 4. The molecule has 8 N–H and O–H groups in total. The maximum absolute atomic E-state index is 12.4. The van der Waals surface area contributed by atoms with E-state index in [9.17, 15) is 60.0 Å². The third-order valence-corrected chi connectivity index (χ3v) is 7.40. The number of ether oxygens (including phenoxy) is 4. The largest absolute Gasteiger partial charge is 0.492 e. The van der Waals surface area contributed by atoms with E-state index in [4.69, 9.17) is 38.3 Å². The summed E-state index contributed by atoms with van der Waals surface area (Å²) in [5.74, 6) is -8.04. The normalized spacial score (nSPS) is 11.4. The Hall–Kier alpha value is -6.76. The lowest BCUT2D eigenvalue weighted by atomic mass is 9.92. The summed E-state index contributed by atoms with van der Waals surface area (Å²) in [4.78, 5) is 69.1. The summed E-state index contributed by atoms with van der Waals surface area (Å²) >= 11 is 0. The molecule has 4 aromatic rings. The van der Waals surface area contributed by atoms with Gasteiger partial charge in [-0.15, -0.1) is 18.9 Å². The molecular weight excluding hydrogens is 772 g/mol. The molecule has 4 aromatic heterocycles. The molecule has 0 aliphatic rings. The van der Waals surface area contributed by atoms with Gasteiger partial charge in [0.1, 0.15) is 0 Å². The summed E-state index contributed by atoms with van der Waals surface area (Å²) in [6.45, 7) is -2.42. The van der Waals surface area contributed by atoms with Crippen molar-refractivity contribution in [1.29, 1.82) is 0 Å². The first-order chi connectivity index (χ1) is 27.2. The molecule has 24 nitrogen and oxygen atoms in total. The summed E-state index contributed by atoms with van der Waals surface area (Å²) in [7, 11) is 0. The number of aromatic hydroxyl groups is 8. The Kier molecular flexibility index (Phi) is 15.3. The van der Waals surface area contributed by atoms with E-state index >= 15 is 0 Å². The van der Waals surface area contributed by atoms with Gasteiger partial charge in [0.15, 0.2) is 0 Å². The molecule has 0 saturated carbocycles. The highest BCUT2D eigenvalue weighted by Crippen LogP contribution is 2.24. The molecule has 0 unspecified atom stereocenters. The van der Waals surface area contributed by atoms with Crippen LogP contribution in [0.2, 0.25) is 0 Å². The summed E-state index contributed by atoms with van der Waals surface area (Å²) in [6.07, 6.45) is -1.57. The Morgan fingerprint density at radius 1 is 0.368 bits per heavy atom. The minimum Gasteiger partial charge on any atom is -0.492 e. The van der Waals surface area contributed by atoms with Gasteiger partial charge in [0.2, 0.25) is 47.0 Å². The Morgan fingerprint density at radius 3 is 0.719 bits per heavy atom. The van der Waals surface area contributed by atoms with Crippen LogP contribution in [0.1, 0.15) is 25.7 Å². The van der Waals surface area contributed by atoms with Crippen LogP contribution in [0.3, 0.4) is 0 Å². The molecule has 0 atom stereocenters. The van der Waals surface area contributed by atoms with Crippen molar-refractivity contribution in [1.82, 2.24) is 18.9 Å². The molecule has 0 spiro atoms. The van der Waals surface area contributed by atoms with Gasteiger partial charge >= 0.3 is 23.9 Å². The average molecular weight is 813 g/mol. The third-order valence-electron chi connectivity index (χ3n) is 7.40. The fourth-order valence-electron chi connectivity index (χ4n) is 4.60. The van der Waals surface area contributed by atoms with Crippen molar-refractivity contribution in [3.8, 4) is 47.0 Å². The van der Waals surface area contributed by atoms with Crippen LogP contribution in [-0.2, 0) is 38.1 Å². The molecule has 0 bridgehead atoms. The fourth-order valence-corrected chi connectivity index (χ4v) is 4.60. The molecule has 0 radical (unpaired) electrons. The van der Waals surface area contributed by atoms with Crippen molar-refractivity contribution in [2.45, 2.75) is 25.7 Å². The van der Waals surface area contributed by atoms with Crippen LogP contribution >= 0.6 is 0 Å². The number of rotatable bonds is 24.